The molecule has 4 nitrogen and oxygen atoms in total. The van der Waals surface area contributed by atoms with E-state index >= 15 is 0 Å². The Morgan fingerprint density at radius 3 is 2.89 bits per heavy atom. The van der Waals surface area contributed by atoms with Crippen molar-refractivity contribution in [1.82, 2.24) is 9.97 Å². The molecule has 1 aliphatic rings. The van der Waals surface area contributed by atoms with Crippen molar-refractivity contribution < 1.29 is 9.50 Å². The molecule has 1 saturated carbocycles. The number of benzene rings is 1. The molecule has 0 bridgehead atoms. The highest BCUT2D eigenvalue weighted by Crippen LogP contribution is 2.32. The summed E-state index contributed by atoms with van der Waals surface area (Å²) in [5.41, 5.74) is 0.0550. The summed E-state index contributed by atoms with van der Waals surface area (Å²) in [6, 6.07) is 4.40. The van der Waals surface area contributed by atoms with Crippen LogP contribution in [-0.2, 0) is 0 Å². The highest BCUT2D eigenvalue weighted by Gasteiger charge is 2.34. The summed E-state index contributed by atoms with van der Waals surface area (Å²) in [7, 11) is 0. The summed E-state index contributed by atoms with van der Waals surface area (Å²) in [4.78, 5) is 8.19. The van der Waals surface area contributed by atoms with E-state index in [1.54, 1.807) is 6.07 Å². The molecule has 1 heterocycles. The van der Waals surface area contributed by atoms with Crippen LogP contribution in [0, 0.1) is 5.82 Å². The molecule has 0 saturated heterocycles. The fourth-order valence-corrected chi connectivity index (χ4v) is 2.18. The van der Waals surface area contributed by atoms with Crippen LogP contribution in [0.1, 0.15) is 19.3 Å². The van der Waals surface area contributed by atoms with E-state index in [1.165, 1.54) is 18.5 Å². The summed E-state index contributed by atoms with van der Waals surface area (Å²) in [6.45, 7) is 0.440. The lowest BCUT2D eigenvalue weighted by molar-refractivity contribution is -0.0202. The van der Waals surface area contributed by atoms with Gasteiger partial charge in [-0.05, 0) is 37.5 Å². The molecule has 1 aliphatic carbocycles. The third kappa shape index (κ3) is 2.01. The molecular weight excluding hydrogens is 233 g/mol. The van der Waals surface area contributed by atoms with Crippen LogP contribution in [0.25, 0.3) is 10.9 Å². The van der Waals surface area contributed by atoms with Gasteiger partial charge in [0.05, 0.1) is 11.1 Å². The first-order valence-corrected chi connectivity index (χ1v) is 6.03. The van der Waals surface area contributed by atoms with Gasteiger partial charge in [0.15, 0.2) is 0 Å². The van der Waals surface area contributed by atoms with Gasteiger partial charge in [-0.2, -0.15) is 0 Å². The molecule has 5 heteroatoms. The smallest absolute Gasteiger partial charge is 0.137 e. The zero-order chi connectivity index (χ0) is 12.6. The maximum absolute atomic E-state index is 13.2. The van der Waals surface area contributed by atoms with Gasteiger partial charge in [0.1, 0.15) is 18.0 Å². The molecule has 2 aromatic rings. The normalized spacial score (nSPS) is 17.4. The molecule has 94 valence electrons. The molecule has 0 spiro atoms. The first-order valence-electron chi connectivity index (χ1n) is 6.03. The van der Waals surface area contributed by atoms with Gasteiger partial charge in [0.2, 0.25) is 0 Å². The molecule has 0 unspecified atom stereocenters. The van der Waals surface area contributed by atoms with Crippen molar-refractivity contribution in [3.8, 4) is 0 Å². The average Bonchev–Trinajstić information content (AvgIpc) is 2.34. The van der Waals surface area contributed by atoms with E-state index in [9.17, 15) is 9.50 Å². The number of nitrogens with one attached hydrogen (secondary N) is 1. The lowest BCUT2D eigenvalue weighted by Crippen LogP contribution is -2.43. The Morgan fingerprint density at radius 2 is 2.17 bits per heavy atom. The van der Waals surface area contributed by atoms with Crippen LogP contribution in [0.2, 0.25) is 0 Å². The summed E-state index contributed by atoms with van der Waals surface area (Å²) >= 11 is 0. The van der Waals surface area contributed by atoms with Crippen molar-refractivity contribution in [2.24, 2.45) is 0 Å². The molecule has 0 aliphatic heterocycles. The van der Waals surface area contributed by atoms with Gasteiger partial charge in [0, 0.05) is 11.9 Å². The Hall–Kier alpha value is -1.75. The standard InChI is InChI=1S/C13H14FN3O/c14-9-2-3-11-10(6-9)12(17-8-16-11)15-7-13(18)4-1-5-13/h2-3,6,8,18H,1,4-5,7H2,(H,15,16,17). The summed E-state index contributed by atoms with van der Waals surface area (Å²) in [5, 5.41) is 13.7. The number of aliphatic hydroxyl groups is 1. The van der Waals surface area contributed by atoms with E-state index < -0.39 is 5.60 Å². The molecule has 3 rings (SSSR count). The number of aromatic nitrogens is 2. The van der Waals surface area contributed by atoms with Crippen molar-refractivity contribution in [3.63, 3.8) is 0 Å². The zero-order valence-corrected chi connectivity index (χ0v) is 9.86. The van der Waals surface area contributed by atoms with Crippen molar-refractivity contribution in [2.75, 3.05) is 11.9 Å². The second kappa shape index (κ2) is 4.17. The number of fused-ring (bicyclic) bond motifs is 1. The van der Waals surface area contributed by atoms with Gasteiger partial charge in [-0.1, -0.05) is 0 Å². The number of nitrogens with zero attached hydrogens (tertiary/aromatic N) is 2. The molecule has 1 aromatic carbocycles. The van der Waals surface area contributed by atoms with Gasteiger partial charge in [-0.25, -0.2) is 14.4 Å². The van der Waals surface area contributed by atoms with Gasteiger partial charge in [0.25, 0.3) is 0 Å². The van der Waals surface area contributed by atoms with Crippen LogP contribution in [0.15, 0.2) is 24.5 Å². The third-order valence-electron chi connectivity index (χ3n) is 3.47. The Kier molecular flexibility index (Phi) is 2.63. The van der Waals surface area contributed by atoms with Crippen LogP contribution in [0.3, 0.4) is 0 Å². The molecule has 1 aromatic heterocycles. The van der Waals surface area contributed by atoms with Gasteiger partial charge in [-0.15, -0.1) is 0 Å². The van der Waals surface area contributed by atoms with Crippen molar-refractivity contribution in [3.05, 3.63) is 30.3 Å². The predicted molar refractivity (Wildman–Crippen MR) is 66.8 cm³/mol. The van der Waals surface area contributed by atoms with Gasteiger partial charge in [-0.3, -0.25) is 0 Å². The fourth-order valence-electron chi connectivity index (χ4n) is 2.18. The van der Waals surface area contributed by atoms with Crippen molar-refractivity contribution in [2.45, 2.75) is 24.9 Å². The number of halogens is 1. The minimum absolute atomic E-state index is 0.317. The second-order valence-corrected chi connectivity index (χ2v) is 4.82. The Morgan fingerprint density at radius 1 is 1.33 bits per heavy atom. The number of hydrogen-bond donors (Lipinski definition) is 2. The van der Waals surface area contributed by atoms with Crippen LogP contribution >= 0.6 is 0 Å². The summed E-state index contributed by atoms with van der Waals surface area (Å²) in [5.74, 6) is 0.252. The molecule has 2 N–H and O–H groups in total. The van der Waals surface area contributed by atoms with E-state index in [2.05, 4.69) is 15.3 Å². The highest BCUT2D eigenvalue weighted by molar-refractivity contribution is 5.88. The fraction of sp³-hybridized carbons (Fsp3) is 0.385. The van der Waals surface area contributed by atoms with Gasteiger partial charge < -0.3 is 10.4 Å². The number of anilines is 1. The largest absolute Gasteiger partial charge is 0.388 e. The first-order chi connectivity index (χ1) is 8.66. The predicted octanol–water partition coefficient (Wildman–Crippen LogP) is 2.10. The van der Waals surface area contributed by atoms with Gasteiger partial charge >= 0.3 is 0 Å². The quantitative estimate of drug-likeness (QED) is 0.872. The zero-order valence-electron chi connectivity index (χ0n) is 9.86. The second-order valence-electron chi connectivity index (χ2n) is 4.82. The molecule has 0 atom stereocenters. The highest BCUT2D eigenvalue weighted by atomic mass is 19.1. The minimum atomic E-state index is -0.634. The van der Waals surface area contributed by atoms with E-state index in [4.69, 9.17) is 0 Å². The third-order valence-corrected chi connectivity index (χ3v) is 3.47. The van der Waals surface area contributed by atoms with E-state index in [0.717, 1.165) is 19.3 Å². The van der Waals surface area contributed by atoms with Crippen LogP contribution in [0.4, 0.5) is 10.2 Å². The van der Waals surface area contributed by atoms with Crippen LogP contribution < -0.4 is 5.32 Å². The summed E-state index contributed by atoms with van der Waals surface area (Å²) < 4.78 is 13.2. The molecule has 0 radical (unpaired) electrons. The van der Waals surface area contributed by atoms with Crippen molar-refractivity contribution >= 4 is 16.7 Å². The average molecular weight is 247 g/mol. The monoisotopic (exact) mass is 247 g/mol. The van der Waals surface area contributed by atoms with Crippen molar-refractivity contribution in [1.29, 1.82) is 0 Å². The Bertz CT molecular complexity index is 583. The molecule has 1 fully saturated rings. The lowest BCUT2D eigenvalue weighted by Gasteiger charge is -2.36. The Labute approximate surface area is 104 Å². The number of hydrogen-bond acceptors (Lipinski definition) is 4. The lowest BCUT2D eigenvalue weighted by atomic mass is 9.80. The molecular formula is C13H14FN3O. The van der Waals surface area contributed by atoms with E-state index in [-0.39, 0.29) is 5.82 Å². The Balaban J connectivity index is 1.88. The maximum atomic E-state index is 13.2. The van der Waals surface area contributed by atoms with Crippen LogP contribution in [-0.4, -0.2) is 27.2 Å². The first kappa shape index (κ1) is 11.3. The van der Waals surface area contributed by atoms with E-state index in [1.807, 2.05) is 0 Å². The minimum Gasteiger partial charge on any atom is -0.388 e. The maximum Gasteiger partial charge on any atom is 0.137 e. The van der Waals surface area contributed by atoms with Crippen LogP contribution in [0.5, 0.6) is 0 Å². The number of rotatable bonds is 3. The topological polar surface area (TPSA) is 58.0 Å². The summed E-state index contributed by atoms with van der Waals surface area (Å²) in [6.07, 6.45) is 4.10. The van der Waals surface area contributed by atoms with E-state index in [0.29, 0.717) is 23.3 Å². The molecule has 18 heavy (non-hydrogen) atoms. The SMILES string of the molecule is OC1(CNc2ncnc3ccc(F)cc23)CCC1. The molecule has 0 amide bonds.